The van der Waals surface area contributed by atoms with Crippen molar-refractivity contribution < 1.29 is 88.7 Å². The molecule has 0 amide bonds. The van der Waals surface area contributed by atoms with Crippen molar-refractivity contribution in [3.8, 4) is 11.5 Å². The van der Waals surface area contributed by atoms with E-state index in [9.17, 15) is 65.9 Å². The second-order valence-corrected chi connectivity index (χ2v) is 22.3. The molecule has 4 aromatic rings. The third-order valence-corrected chi connectivity index (χ3v) is 16.1. The summed E-state index contributed by atoms with van der Waals surface area (Å²) in [6.07, 6.45) is 14.2. The topological polar surface area (TPSA) is 86.7 Å². The maximum Gasteiger partial charge on any atom is 0.485 e. The molecule has 0 bridgehead atoms. The van der Waals surface area contributed by atoms with Crippen LogP contribution in [-0.2, 0) is 27.6 Å². The molecule has 1 N–H and O–H groups in total. The van der Waals surface area contributed by atoms with Gasteiger partial charge in [0.05, 0.1) is 0 Å². The molecule has 23 heteroatoms. The van der Waals surface area contributed by atoms with Gasteiger partial charge < -0.3 is 14.4 Å². The minimum Gasteiger partial charge on any atom is -0.741 e. The Labute approximate surface area is 442 Å². The maximum atomic E-state index is 14.6. The first-order valence-electron chi connectivity index (χ1n) is 24.3. The van der Waals surface area contributed by atoms with E-state index in [4.69, 9.17) is 18.1 Å². The highest BCUT2D eigenvalue weighted by molar-refractivity contribution is 8.23. The Morgan fingerprint density at radius 2 is 0.987 bits per heavy atom. The third-order valence-electron chi connectivity index (χ3n) is 12.9. The highest BCUT2D eigenvalue weighted by Gasteiger charge is 2.42. The predicted octanol–water partition coefficient (Wildman–Crippen LogP) is 17.4. The average molecular weight is 1160 g/mol. The molecule has 0 unspecified atom stereocenters. The first kappa shape index (κ1) is 66.1. The summed E-state index contributed by atoms with van der Waals surface area (Å²) in [6, 6.07) is 6.31. The number of benzene rings is 4. The summed E-state index contributed by atoms with van der Waals surface area (Å²) < 4.78 is 227. The molecule has 4 aromatic carbocycles. The van der Waals surface area contributed by atoms with Crippen LogP contribution in [0.5, 0.6) is 11.5 Å². The standard InChI is InChI=1S/C24H25F7O.C21H29F2S2.C6H3F3O.CHF3O3S.CH4/c1-2-3-4-5-14-6-8-15(9-7-14)16-10-18(25)22(19(26)11-16)24(30,31)32-17-12-20(27)23(29)21(28)13-17;1-2-3-4-6-15-7-9-16(10-8-15)17-13-18(22)20(19(23)14-17)21-24-11-5-12-25-21;7-4-1-3(10)2-5(8)6(4)9;2-1(3,4)8(5,6)7;/h10-15H,2-9H2,1H3;13-16H,2-12H2,1H3;1-2,10H;(H,5,6,7);1H4/q;+1;;;/p-1. The second kappa shape index (κ2) is 30.2. The Hall–Kier alpha value is -4.22. The molecule has 426 valence electrons. The number of rotatable bonds is 14. The van der Waals surface area contributed by atoms with Gasteiger partial charge in [0.1, 0.15) is 45.9 Å². The van der Waals surface area contributed by atoms with Crippen molar-refractivity contribution in [2.75, 3.05) is 11.5 Å². The Morgan fingerprint density at radius 1 is 0.605 bits per heavy atom. The van der Waals surface area contributed by atoms with Crippen LogP contribution in [0.3, 0.4) is 0 Å². The molecule has 5 nitrogen and oxygen atoms in total. The molecule has 1 aliphatic heterocycles. The molecule has 2 fully saturated rings. The minimum atomic E-state index is -6.09. The number of hydrogen-bond donors (Lipinski definition) is 1. The molecule has 3 aliphatic rings. The van der Waals surface area contributed by atoms with Crippen molar-refractivity contribution in [1.82, 2.24) is 0 Å². The lowest BCUT2D eigenvalue weighted by atomic mass is 9.77. The SMILES string of the molecule is C.CCCCCC1CCC(c2cc(F)c(C(F)(F)Oc3cc(F)c(F)c(F)c3)c(F)c2)CC1.CCCCCC1CCC(c2cc(F)c(C3=[S+]CCCS3)c(F)c2)CC1.O=S(=O)([O-])C(F)(F)F.Oc1cc(F)c(F)c(F)c1. The number of hydrogen-bond acceptors (Lipinski definition) is 6. The lowest BCUT2D eigenvalue weighted by Gasteiger charge is -2.29. The fourth-order valence-corrected chi connectivity index (χ4v) is 11.6. The Bertz CT molecular complexity index is 2540. The first-order valence-corrected chi connectivity index (χ1v) is 27.7. The lowest BCUT2D eigenvalue weighted by Crippen LogP contribution is -2.26. The van der Waals surface area contributed by atoms with Crippen LogP contribution in [0, 0.1) is 70.0 Å². The number of phenols is 1. The number of alkyl halides is 5. The Balaban J connectivity index is 0.000000304. The molecule has 0 spiro atoms. The Morgan fingerprint density at radius 3 is 1.34 bits per heavy atom. The molecule has 76 heavy (non-hydrogen) atoms. The molecule has 0 radical (unpaired) electrons. The molecule has 2 aliphatic carbocycles. The zero-order valence-corrected chi connectivity index (χ0v) is 43.3. The van der Waals surface area contributed by atoms with Crippen LogP contribution in [0.1, 0.15) is 165 Å². The monoisotopic (exact) mass is 1160 g/mol. The van der Waals surface area contributed by atoms with Crippen LogP contribution in [0.25, 0.3) is 0 Å². The highest BCUT2D eigenvalue weighted by Crippen LogP contribution is 2.42. The zero-order valence-electron chi connectivity index (χ0n) is 40.8. The minimum absolute atomic E-state index is 0. The molecular weight excluding hydrogens is 1100 g/mol. The number of ether oxygens (including phenoxy) is 1. The average Bonchev–Trinajstić information content (AvgIpc) is 3.32. The van der Waals surface area contributed by atoms with Gasteiger partial charge in [-0.1, -0.05) is 84.4 Å². The summed E-state index contributed by atoms with van der Waals surface area (Å²) in [5, 5.41) is 8.47. The van der Waals surface area contributed by atoms with Gasteiger partial charge >= 0.3 is 11.6 Å². The van der Waals surface area contributed by atoms with E-state index in [2.05, 4.69) is 18.6 Å². The smallest absolute Gasteiger partial charge is 0.485 e. The molecule has 2 saturated carbocycles. The van der Waals surface area contributed by atoms with Gasteiger partial charge in [-0.25, -0.2) is 52.3 Å². The summed E-state index contributed by atoms with van der Waals surface area (Å²) in [7, 11) is -6.09. The zero-order chi connectivity index (χ0) is 55.8. The lowest BCUT2D eigenvalue weighted by molar-refractivity contribution is -0.189. The number of thioether (sulfide) groups is 1. The van der Waals surface area contributed by atoms with Gasteiger partial charge in [-0.2, -0.15) is 22.0 Å². The molecular formula is C53H61F15O5S3. The van der Waals surface area contributed by atoms with E-state index in [-0.39, 0.29) is 42.7 Å². The van der Waals surface area contributed by atoms with E-state index in [1.165, 1.54) is 44.9 Å². The molecule has 1 heterocycles. The van der Waals surface area contributed by atoms with Gasteiger partial charge in [0.25, 0.3) is 4.20 Å². The maximum absolute atomic E-state index is 14.6. The second-order valence-electron chi connectivity index (χ2n) is 18.4. The highest BCUT2D eigenvalue weighted by atomic mass is 32.2. The molecule has 7 rings (SSSR count). The normalized spacial score (nSPS) is 18.8. The summed E-state index contributed by atoms with van der Waals surface area (Å²) >= 11 is 3.19. The van der Waals surface area contributed by atoms with Crippen molar-refractivity contribution in [1.29, 1.82) is 0 Å². The van der Waals surface area contributed by atoms with Crippen LogP contribution in [-0.4, -0.2) is 39.3 Å². The van der Waals surface area contributed by atoms with Crippen molar-refractivity contribution >= 4 is 37.4 Å². The van der Waals surface area contributed by atoms with Crippen molar-refractivity contribution in [2.45, 2.75) is 154 Å². The van der Waals surface area contributed by atoms with Gasteiger partial charge in [0, 0.05) is 36.4 Å². The summed E-state index contributed by atoms with van der Waals surface area (Å²) in [6.45, 7) is 4.38. The van der Waals surface area contributed by atoms with Crippen molar-refractivity contribution in [3.05, 3.63) is 129 Å². The molecule has 0 saturated heterocycles. The third kappa shape index (κ3) is 19.6. The van der Waals surface area contributed by atoms with E-state index in [1.54, 1.807) is 35.2 Å². The van der Waals surface area contributed by atoms with E-state index in [1.807, 2.05) is 0 Å². The molecule has 0 atom stereocenters. The summed E-state index contributed by atoms with van der Waals surface area (Å²) in [5.41, 5.74) is -5.93. The van der Waals surface area contributed by atoms with Gasteiger partial charge in [-0.15, -0.1) is 0 Å². The van der Waals surface area contributed by atoms with Crippen LogP contribution in [0.15, 0.2) is 48.5 Å². The van der Waals surface area contributed by atoms with Gasteiger partial charge in [-0.05, 0) is 110 Å². The fraction of sp³-hybridized carbons (Fsp3) is 0.528. The van der Waals surface area contributed by atoms with Crippen LogP contribution < -0.4 is 4.74 Å². The van der Waals surface area contributed by atoms with Crippen LogP contribution >= 0.6 is 11.8 Å². The number of aromatic hydroxyl groups is 1. The van der Waals surface area contributed by atoms with Crippen molar-refractivity contribution in [3.63, 3.8) is 0 Å². The van der Waals surface area contributed by atoms with Gasteiger partial charge in [0.15, 0.2) is 62.1 Å². The quantitative estimate of drug-likeness (QED) is 0.0257. The fourth-order valence-electron chi connectivity index (χ4n) is 8.97. The number of halogens is 15. The predicted molar refractivity (Wildman–Crippen MR) is 265 cm³/mol. The van der Waals surface area contributed by atoms with Gasteiger partial charge in [0.2, 0.25) is 0 Å². The van der Waals surface area contributed by atoms with Crippen LogP contribution in [0.4, 0.5) is 65.9 Å². The number of phenolic OH excluding ortho intramolecular Hbond substituents is 1. The Kier molecular flexibility index (Phi) is 26.3. The van der Waals surface area contributed by atoms with E-state index < -0.39 is 85.3 Å². The summed E-state index contributed by atoms with van der Waals surface area (Å²) in [5.74, 6) is -11.7. The first-order chi connectivity index (χ1) is 35.2. The molecule has 0 aromatic heterocycles. The van der Waals surface area contributed by atoms with E-state index in [0.717, 1.165) is 104 Å². The largest absolute Gasteiger partial charge is 0.741 e. The van der Waals surface area contributed by atoms with Crippen molar-refractivity contribution in [2.24, 2.45) is 11.8 Å². The van der Waals surface area contributed by atoms with E-state index in [0.29, 0.717) is 29.5 Å². The summed E-state index contributed by atoms with van der Waals surface area (Å²) in [4.78, 5) is 0. The van der Waals surface area contributed by atoms with E-state index >= 15 is 0 Å². The number of unbranched alkanes of at least 4 members (excludes halogenated alkanes) is 4. The van der Waals surface area contributed by atoms with Crippen LogP contribution in [0.2, 0.25) is 0 Å². The van der Waals surface area contributed by atoms with Gasteiger partial charge in [-0.3, -0.25) is 0 Å².